The zero-order chi connectivity index (χ0) is 15.6. The summed E-state index contributed by atoms with van der Waals surface area (Å²) in [5, 5.41) is 12.8. The molecule has 2 N–H and O–H groups in total. The van der Waals surface area contributed by atoms with Crippen molar-refractivity contribution in [3.63, 3.8) is 0 Å². The topological polar surface area (TPSA) is 49.3 Å². The van der Waals surface area contributed by atoms with Gasteiger partial charge in [0, 0.05) is 16.6 Å². The SMILES string of the molecule is CC(NC1CCCCC1)(C(=O)O)c1cc(F)c(Cl)cc1Cl. The summed E-state index contributed by atoms with van der Waals surface area (Å²) in [6.45, 7) is 1.51. The molecule has 2 rings (SSSR count). The van der Waals surface area contributed by atoms with Gasteiger partial charge in [-0.2, -0.15) is 0 Å². The van der Waals surface area contributed by atoms with Crippen LogP contribution in [0.1, 0.15) is 44.6 Å². The minimum absolute atomic E-state index is 0.0923. The first kappa shape index (κ1) is 16.5. The van der Waals surface area contributed by atoms with Crippen LogP contribution in [0, 0.1) is 5.82 Å². The number of carboxylic acids is 1. The Labute approximate surface area is 133 Å². The maximum absolute atomic E-state index is 13.7. The van der Waals surface area contributed by atoms with Crippen molar-refractivity contribution in [1.29, 1.82) is 0 Å². The molecule has 1 aliphatic carbocycles. The molecule has 1 aromatic rings. The molecular formula is C15H18Cl2FNO2. The van der Waals surface area contributed by atoms with E-state index in [0.29, 0.717) is 0 Å². The highest BCUT2D eigenvalue weighted by Crippen LogP contribution is 2.34. The Morgan fingerprint density at radius 1 is 1.29 bits per heavy atom. The standard InChI is InChI=1S/C15H18Cl2FNO2/c1-15(14(20)21,19-9-5-3-2-4-6-9)10-7-13(18)12(17)8-11(10)16/h7-9,19H,2-6H2,1H3,(H,20,21). The third-order valence-corrected chi connectivity index (χ3v) is 4.68. The zero-order valence-corrected chi connectivity index (χ0v) is 13.3. The van der Waals surface area contributed by atoms with Crippen LogP contribution in [0.4, 0.5) is 4.39 Å². The minimum atomic E-state index is -1.44. The Hall–Kier alpha value is -0.840. The van der Waals surface area contributed by atoms with Gasteiger partial charge in [-0.3, -0.25) is 5.32 Å². The molecule has 6 heteroatoms. The van der Waals surface area contributed by atoms with Crippen molar-refractivity contribution >= 4 is 29.2 Å². The van der Waals surface area contributed by atoms with Gasteiger partial charge in [0.15, 0.2) is 0 Å². The van der Waals surface area contributed by atoms with Gasteiger partial charge >= 0.3 is 5.97 Å². The highest BCUT2D eigenvalue weighted by molar-refractivity contribution is 6.35. The Morgan fingerprint density at radius 3 is 2.48 bits per heavy atom. The van der Waals surface area contributed by atoms with E-state index in [-0.39, 0.29) is 21.7 Å². The summed E-state index contributed by atoms with van der Waals surface area (Å²) < 4.78 is 13.7. The van der Waals surface area contributed by atoms with Crippen LogP contribution in [0.5, 0.6) is 0 Å². The van der Waals surface area contributed by atoms with Crippen molar-refractivity contribution in [2.24, 2.45) is 0 Å². The molecule has 3 nitrogen and oxygen atoms in total. The molecule has 116 valence electrons. The summed E-state index contributed by atoms with van der Waals surface area (Å²) in [6, 6.07) is 2.45. The lowest BCUT2D eigenvalue weighted by molar-refractivity contribution is -0.145. The zero-order valence-electron chi connectivity index (χ0n) is 11.8. The molecular weight excluding hydrogens is 316 g/mol. The van der Waals surface area contributed by atoms with Crippen LogP contribution < -0.4 is 5.32 Å². The average Bonchev–Trinajstić information content (AvgIpc) is 2.43. The number of nitrogens with one attached hydrogen (secondary N) is 1. The summed E-state index contributed by atoms with van der Waals surface area (Å²) in [5.41, 5.74) is -1.24. The van der Waals surface area contributed by atoms with Gasteiger partial charge in [0.05, 0.1) is 5.02 Å². The summed E-state index contributed by atoms with van der Waals surface area (Å²) >= 11 is 11.8. The van der Waals surface area contributed by atoms with E-state index >= 15 is 0 Å². The number of halogens is 3. The number of benzene rings is 1. The third-order valence-electron chi connectivity index (χ3n) is 4.07. The lowest BCUT2D eigenvalue weighted by Crippen LogP contribution is -2.52. The molecule has 1 atom stereocenters. The number of carbonyl (C=O) groups is 1. The van der Waals surface area contributed by atoms with Crippen LogP contribution in [0.25, 0.3) is 0 Å². The molecule has 1 unspecified atom stereocenters. The van der Waals surface area contributed by atoms with E-state index in [1.54, 1.807) is 0 Å². The molecule has 0 saturated heterocycles. The van der Waals surface area contributed by atoms with E-state index in [9.17, 15) is 14.3 Å². The van der Waals surface area contributed by atoms with Crippen molar-refractivity contribution < 1.29 is 14.3 Å². The van der Waals surface area contributed by atoms with E-state index in [4.69, 9.17) is 23.2 Å². The normalized spacial score (nSPS) is 19.2. The van der Waals surface area contributed by atoms with Crippen molar-refractivity contribution in [2.75, 3.05) is 0 Å². The smallest absolute Gasteiger partial charge is 0.328 e. The Morgan fingerprint density at radius 2 is 1.90 bits per heavy atom. The van der Waals surface area contributed by atoms with Crippen LogP contribution in [0.2, 0.25) is 10.0 Å². The van der Waals surface area contributed by atoms with E-state index in [1.165, 1.54) is 13.0 Å². The summed E-state index contributed by atoms with van der Waals surface area (Å²) in [5.74, 6) is -1.76. The first-order chi connectivity index (χ1) is 9.84. The van der Waals surface area contributed by atoms with E-state index in [2.05, 4.69) is 5.32 Å². The molecule has 0 bridgehead atoms. The Kier molecular flexibility index (Phi) is 5.12. The number of aliphatic carboxylic acids is 1. The second-order valence-electron chi connectivity index (χ2n) is 5.66. The van der Waals surface area contributed by atoms with Crippen molar-refractivity contribution in [3.05, 3.63) is 33.6 Å². The number of hydrogen-bond acceptors (Lipinski definition) is 2. The molecule has 1 fully saturated rings. The summed E-state index contributed by atoms with van der Waals surface area (Å²) in [4.78, 5) is 11.8. The molecule has 21 heavy (non-hydrogen) atoms. The van der Waals surface area contributed by atoms with E-state index < -0.39 is 17.3 Å². The largest absolute Gasteiger partial charge is 0.480 e. The van der Waals surface area contributed by atoms with E-state index in [1.807, 2.05) is 0 Å². The van der Waals surface area contributed by atoms with Gasteiger partial charge in [-0.25, -0.2) is 9.18 Å². The lowest BCUT2D eigenvalue weighted by atomic mass is 9.87. The Balaban J connectivity index is 2.37. The molecule has 1 aliphatic rings. The molecule has 0 spiro atoms. The lowest BCUT2D eigenvalue weighted by Gasteiger charge is -2.34. The second kappa shape index (κ2) is 6.51. The molecule has 0 heterocycles. The average molecular weight is 334 g/mol. The summed E-state index contributed by atoms with van der Waals surface area (Å²) in [7, 11) is 0. The second-order valence-corrected chi connectivity index (χ2v) is 6.47. The van der Waals surface area contributed by atoms with E-state index in [0.717, 1.165) is 38.2 Å². The number of hydrogen-bond donors (Lipinski definition) is 2. The first-order valence-corrected chi connectivity index (χ1v) is 7.76. The Bertz CT molecular complexity index is 547. The third kappa shape index (κ3) is 3.50. The maximum Gasteiger partial charge on any atom is 0.328 e. The molecule has 0 amide bonds. The van der Waals surface area contributed by atoms with Crippen LogP contribution in [0.3, 0.4) is 0 Å². The molecule has 0 aliphatic heterocycles. The first-order valence-electron chi connectivity index (χ1n) is 7.00. The van der Waals surface area contributed by atoms with Gasteiger partial charge in [0.25, 0.3) is 0 Å². The minimum Gasteiger partial charge on any atom is -0.480 e. The quantitative estimate of drug-likeness (QED) is 0.805. The van der Waals surface area contributed by atoms with Crippen LogP contribution >= 0.6 is 23.2 Å². The molecule has 0 radical (unpaired) electrons. The number of rotatable bonds is 4. The van der Waals surface area contributed by atoms with Crippen molar-refractivity contribution in [1.82, 2.24) is 5.32 Å². The van der Waals surface area contributed by atoms with Gasteiger partial charge in [0.1, 0.15) is 11.4 Å². The molecule has 0 aromatic heterocycles. The molecule has 1 aromatic carbocycles. The van der Waals surface area contributed by atoms with Gasteiger partial charge in [-0.15, -0.1) is 0 Å². The fraction of sp³-hybridized carbons (Fsp3) is 0.533. The predicted molar refractivity (Wildman–Crippen MR) is 81.4 cm³/mol. The summed E-state index contributed by atoms with van der Waals surface area (Å²) in [6.07, 6.45) is 5.12. The number of carboxylic acid groups (broad SMARTS) is 1. The fourth-order valence-corrected chi connectivity index (χ4v) is 3.39. The van der Waals surface area contributed by atoms with Crippen LogP contribution in [-0.4, -0.2) is 17.1 Å². The predicted octanol–water partition coefficient (Wildman–Crippen LogP) is 4.35. The van der Waals surface area contributed by atoms with Crippen molar-refractivity contribution in [2.45, 2.75) is 50.6 Å². The van der Waals surface area contributed by atoms with Gasteiger partial charge in [-0.1, -0.05) is 42.5 Å². The fourth-order valence-electron chi connectivity index (χ4n) is 2.82. The highest BCUT2D eigenvalue weighted by Gasteiger charge is 2.39. The van der Waals surface area contributed by atoms with Crippen LogP contribution in [-0.2, 0) is 10.3 Å². The van der Waals surface area contributed by atoms with Crippen LogP contribution in [0.15, 0.2) is 12.1 Å². The monoisotopic (exact) mass is 333 g/mol. The maximum atomic E-state index is 13.7. The van der Waals surface area contributed by atoms with Gasteiger partial charge in [0.2, 0.25) is 0 Å². The molecule has 1 saturated carbocycles. The van der Waals surface area contributed by atoms with Gasteiger partial charge in [-0.05, 0) is 31.9 Å². The van der Waals surface area contributed by atoms with Gasteiger partial charge < -0.3 is 5.11 Å². The van der Waals surface area contributed by atoms with Crippen molar-refractivity contribution in [3.8, 4) is 0 Å². The highest BCUT2D eigenvalue weighted by atomic mass is 35.5.